The van der Waals surface area contributed by atoms with Crippen molar-refractivity contribution in [3.8, 4) is 0 Å². The molecule has 29 heavy (non-hydrogen) atoms. The van der Waals surface area contributed by atoms with Crippen molar-refractivity contribution in [2.24, 2.45) is 29.1 Å². The number of hydrogen-bond donors (Lipinski definition) is 3. The molecule has 2 aliphatic carbocycles. The van der Waals surface area contributed by atoms with E-state index in [-0.39, 0.29) is 35.5 Å². The van der Waals surface area contributed by atoms with Crippen molar-refractivity contribution in [2.75, 3.05) is 0 Å². The number of rotatable bonds is 2. The quantitative estimate of drug-likeness (QED) is 0.490. The van der Waals surface area contributed by atoms with Gasteiger partial charge in [-0.3, -0.25) is 9.59 Å². The smallest absolute Gasteiger partial charge is 0.235 e. The molecule has 5 nitrogen and oxygen atoms in total. The minimum atomic E-state index is -1.20. The van der Waals surface area contributed by atoms with Gasteiger partial charge in [0.05, 0.1) is 12.2 Å². The molecule has 1 aliphatic heterocycles. The predicted molar refractivity (Wildman–Crippen MR) is 113 cm³/mol. The lowest BCUT2D eigenvalue weighted by molar-refractivity contribution is -0.142. The summed E-state index contributed by atoms with van der Waals surface area (Å²) < 4.78 is 0. The van der Waals surface area contributed by atoms with Crippen molar-refractivity contribution >= 4 is 11.7 Å². The summed E-state index contributed by atoms with van der Waals surface area (Å²) in [6, 6.07) is -0.0599. The topological polar surface area (TPSA) is 86.6 Å². The van der Waals surface area contributed by atoms with E-state index >= 15 is 0 Å². The number of carbonyl (C=O) groups is 2. The highest BCUT2D eigenvalue weighted by Gasteiger charge is 2.64. The highest BCUT2D eigenvalue weighted by atomic mass is 16.3. The summed E-state index contributed by atoms with van der Waals surface area (Å²) in [4.78, 5) is 27.1. The van der Waals surface area contributed by atoms with Crippen LogP contribution < -0.4 is 5.32 Å². The lowest BCUT2D eigenvalue weighted by Gasteiger charge is -2.44. The van der Waals surface area contributed by atoms with Gasteiger partial charge in [0.2, 0.25) is 5.91 Å². The molecule has 0 radical (unpaired) electrons. The van der Waals surface area contributed by atoms with Gasteiger partial charge in [0.1, 0.15) is 5.41 Å². The van der Waals surface area contributed by atoms with Crippen LogP contribution in [0.2, 0.25) is 0 Å². The predicted octanol–water partition coefficient (Wildman–Crippen LogP) is 2.93. The lowest BCUT2D eigenvalue weighted by atomic mass is 9.55. The van der Waals surface area contributed by atoms with E-state index in [0.717, 1.165) is 12.0 Å². The van der Waals surface area contributed by atoms with Gasteiger partial charge >= 0.3 is 0 Å². The van der Waals surface area contributed by atoms with E-state index in [2.05, 4.69) is 39.1 Å². The molecule has 3 N–H and O–H groups in total. The normalized spacial score (nSPS) is 40.6. The highest BCUT2D eigenvalue weighted by Crippen LogP contribution is 2.55. The first-order chi connectivity index (χ1) is 13.6. The van der Waals surface area contributed by atoms with Crippen LogP contribution in [-0.2, 0) is 9.59 Å². The molecule has 1 spiro atoms. The Bertz CT molecular complexity index is 765. The van der Waals surface area contributed by atoms with Crippen LogP contribution in [0.3, 0.4) is 0 Å². The van der Waals surface area contributed by atoms with Crippen molar-refractivity contribution in [3.05, 3.63) is 35.5 Å². The van der Waals surface area contributed by atoms with Gasteiger partial charge in [-0.15, -0.1) is 0 Å². The fourth-order valence-corrected chi connectivity index (χ4v) is 5.53. The summed E-state index contributed by atoms with van der Waals surface area (Å²) in [5, 5.41) is 23.6. The monoisotopic (exact) mass is 401 g/mol. The molecule has 0 unspecified atom stereocenters. The molecule has 0 saturated carbocycles. The molecule has 7 atom stereocenters. The van der Waals surface area contributed by atoms with Crippen LogP contribution in [0.15, 0.2) is 35.5 Å². The number of aliphatic hydroxyl groups excluding tert-OH is 2. The molecule has 1 saturated heterocycles. The molecule has 0 bridgehead atoms. The minimum Gasteiger partial charge on any atom is -0.390 e. The molecule has 3 aliphatic rings. The first-order valence-electron chi connectivity index (χ1n) is 10.8. The van der Waals surface area contributed by atoms with E-state index in [1.54, 1.807) is 0 Å². The van der Waals surface area contributed by atoms with Crippen LogP contribution in [0.4, 0.5) is 0 Å². The van der Waals surface area contributed by atoms with E-state index in [4.69, 9.17) is 0 Å². The van der Waals surface area contributed by atoms with Crippen molar-refractivity contribution in [3.63, 3.8) is 0 Å². The van der Waals surface area contributed by atoms with E-state index in [0.29, 0.717) is 18.8 Å². The standard InChI is InChI=1S/C24H35NO4/c1-13(2)10-18-22-16(5)15(4)12-17-11-14(3)6-7-19(26)20(27)8-9-21(28)24(17,22)23(29)25-18/h8-9,11-13,16-20,22,26-27H,6-7,10H2,1-5H3,(H,25,29)/t16-,17+,18+,19-,20+,22+,24-/m1/s1. The number of allylic oxidation sites excluding steroid dienone is 5. The van der Waals surface area contributed by atoms with E-state index in [9.17, 15) is 19.8 Å². The van der Waals surface area contributed by atoms with Gasteiger partial charge in [-0.1, -0.05) is 50.1 Å². The zero-order chi connectivity index (χ0) is 21.5. The molecule has 1 fully saturated rings. The second kappa shape index (κ2) is 8.19. The Labute approximate surface area is 174 Å². The summed E-state index contributed by atoms with van der Waals surface area (Å²) in [5.41, 5.74) is 1.02. The Morgan fingerprint density at radius 2 is 1.90 bits per heavy atom. The SMILES string of the molecule is CC1=C[C@H]2C=C(C)[C@@H](C)[C@H]3[C@H](CC(C)C)NC(=O)[C@@]23C(=O)C=C[C@H](O)[C@H](O)CC1. The van der Waals surface area contributed by atoms with Crippen LogP contribution in [0.5, 0.6) is 0 Å². The highest BCUT2D eigenvalue weighted by molar-refractivity contribution is 6.13. The van der Waals surface area contributed by atoms with Gasteiger partial charge < -0.3 is 15.5 Å². The molecule has 3 rings (SSSR count). The molecule has 0 aromatic rings. The minimum absolute atomic E-state index is 0.0599. The third kappa shape index (κ3) is 3.75. The Hall–Kier alpha value is -1.72. The zero-order valence-electron chi connectivity index (χ0n) is 18.2. The maximum absolute atomic E-state index is 13.6. The van der Waals surface area contributed by atoms with Gasteiger partial charge in [0.15, 0.2) is 5.78 Å². The van der Waals surface area contributed by atoms with Gasteiger partial charge in [-0.25, -0.2) is 0 Å². The summed E-state index contributed by atoms with van der Waals surface area (Å²) in [6.07, 6.45) is 6.60. The number of ketones is 1. The molecule has 0 aromatic heterocycles. The Morgan fingerprint density at radius 1 is 1.21 bits per heavy atom. The van der Waals surface area contributed by atoms with Crippen LogP contribution in [0, 0.1) is 29.1 Å². The van der Waals surface area contributed by atoms with Crippen LogP contribution in [0.1, 0.15) is 53.9 Å². The Morgan fingerprint density at radius 3 is 2.55 bits per heavy atom. The maximum atomic E-state index is 13.6. The third-order valence-electron chi connectivity index (χ3n) is 7.15. The fraction of sp³-hybridized carbons (Fsp3) is 0.667. The molecule has 5 heteroatoms. The lowest BCUT2D eigenvalue weighted by Crippen LogP contribution is -2.51. The van der Waals surface area contributed by atoms with E-state index in [1.807, 2.05) is 13.0 Å². The molecule has 1 heterocycles. The molecular weight excluding hydrogens is 366 g/mol. The molecule has 0 aromatic carbocycles. The summed E-state index contributed by atoms with van der Waals surface area (Å²) in [5.74, 6) is -0.455. The summed E-state index contributed by atoms with van der Waals surface area (Å²) in [7, 11) is 0. The third-order valence-corrected chi connectivity index (χ3v) is 7.15. The first-order valence-corrected chi connectivity index (χ1v) is 10.8. The number of hydrogen-bond acceptors (Lipinski definition) is 4. The van der Waals surface area contributed by atoms with Crippen molar-refractivity contribution in [1.82, 2.24) is 5.32 Å². The van der Waals surface area contributed by atoms with E-state index < -0.39 is 17.6 Å². The van der Waals surface area contributed by atoms with Gasteiger partial charge in [-0.2, -0.15) is 0 Å². The Balaban J connectivity index is 2.20. The summed E-state index contributed by atoms with van der Waals surface area (Å²) in [6.45, 7) is 10.4. The van der Waals surface area contributed by atoms with Crippen molar-refractivity contribution in [2.45, 2.75) is 72.1 Å². The maximum Gasteiger partial charge on any atom is 0.235 e. The van der Waals surface area contributed by atoms with E-state index in [1.165, 1.54) is 17.7 Å². The zero-order valence-corrected chi connectivity index (χ0v) is 18.2. The average molecular weight is 402 g/mol. The second-order valence-corrected chi connectivity index (χ2v) is 9.66. The Kier molecular flexibility index (Phi) is 6.21. The molecule has 160 valence electrons. The summed E-state index contributed by atoms with van der Waals surface area (Å²) >= 11 is 0. The molecule has 1 amide bonds. The van der Waals surface area contributed by atoms with Gasteiger partial charge in [0, 0.05) is 17.9 Å². The second-order valence-electron chi connectivity index (χ2n) is 9.66. The van der Waals surface area contributed by atoms with Crippen LogP contribution >= 0.6 is 0 Å². The largest absolute Gasteiger partial charge is 0.390 e. The fourth-order valence-electron chi connectivity index (χ4n) is 5.53. The number of amides is 1. The average Bonchev–Trinajstić information content (AvgIpc) is 2.93. The van der Waals surface area contributed by atoms with Crippen molar-refractivity contribution in [1.29, 1.82) is 0 Å². The number of carbonyl (C=O) groups excluding carboxylic acids is 2. The van der Waals surface area contributed by atoms with Crippen LogP contribution in [-0.4, -0.2) is 40.2 Å². The van der Waals surface area contributed by atoms with Crippen molar-refractivity contribution < 1.29 is 19.8 Å². The van der Waals surface area contributed by atoms with Gasteiger partial charge in [0.25, 0.3) is 0 Å². The first kappa shape index (κ1) is 22.0. The molecular formula is C24H35NO4. The number of nitrogens with one attached hydrogen (secondary N) is 1. The number of aliphatic hydroxyl groups is 2. The van der Waals surface area contributed by atoms with Crippen LogP contribution in [0.25, 0.3) is 0 Å². The van der Waals surface area contributed by atoms with Gasteiger partial charge in [-0.05, 0) is 51.0 Å².